The molecule has 1 rings (SSSR count). The van der Waals surface area contributed by atoms with Gasteiger partial charge in [0.25, 0.3) is 0 Å². The molecule has 1 N–H and O–H groups in total. The van der Waals surface area contributed by atoms with Crippen molar-refractivity contribution in [1.29, 1.82) is 0 Å². The predicted octanol–water partition coefficient (Wildman–Crippen LogP) is 0.920. The third-order valence-electron chi connectivity index (χ3n) is 4.08. The SMILES string of the molecule is COC(=O)[C@H](C(C)C)N(C)C(=O)N(C)[C@H]1CCN(C(=O)O)C1. The highest BCUT2D eigenvalue weighted by Gasteiger charge is 2.36. The number of amides is 3. The maximum Gasteiger partial charge on any atom is 0.407 e. The Bertz CT molecular complexity index is 440. The molecule has 126 valence electrons. The lowest BCUT2D eigenvalue weighted by Crippen LogP contribution is -2.53. The number of rotatable bonds is 4. The van der Waals surface area contributed by atoms with E-state index in [1.807, 2.05) is 13.8 Å². The molecule has 1 aliphatic heterocycles. The average molecular weight is 315 g/mol. The third-order valence-corrected chi connectivity index (χ3v) is 4.08. The molecule has 0 bridgehead atoms. The molecule has 0 aromatic heterocycles. The monoisotopic (exact) mass is 315 g/mol. The van der Waals surface area contributed by atoms with E-state index in [4.69, 9.17) is 9.84 Å². The number of carbonyl (C=O) groups is 3. The number of esters is 1. The summed E-state index contributed by atoms with van der Waals surface area (Å²) >= 11 is 0. The summed E-state index contributed by atoms with van der Waals surface area (Å²) in [6.45, 7) is 4.38. The standard InChI is InChI=1S/C14H25N3O5/c1-9(2)11(12(18)22-5)16(4)13(19)15(3)10-6-7-17(8-10)14(20)21/h9-11H,6-8H2,1-5H3,(H,20,21)/t10-,11-/m0/s1. The molecule has 1 heterocycles. The molecule has 0 saturated carbocycles. The van der Waals surface area contributed by atoms with E-state index in [1.165, 1.54) is 21.8 Å². The Hall–Kier alpha value is -1.99. The normalized spacial score (nSPS) is 19.0. The first-order chi connectivity index (χ1) is 10.2. The van der Waals surface area contributed by atoms with E-state index in [0.717, 1.165) is 0 Å². The number of urea groups is 1. The molecule has 0 aliphatic carbocycles. The van der Waals surface area contributed by atoms with E-state index in [0.29, 0.717) is 13.0 Å². The van der Waals surface area contributed by atoms with Crippen molar-refractivity contribution in [2.75, 3.05) is 34.3 Å². The maximum atomic E-state index is 12.6. The summed E-state index contributed by atoms with van der Waals surface area (Å²) in [5.74, 6) is -0.549. The Balaban J connectivity index is 2.77. The predicted molar refractivity (Wildman–Crippen MR) is 79.6 cm³/mol. The summed E-state index contributed by atoms with van der Waals surface area (Å²) in [6.07, 6.45) is -0.390. The lowest BCUT2D eigenvalue weighted by Gasteiger charge is -2.34. The van der Waals surface area contributed by atoms with E-state index < -0.39 is 18.1 Å². The second-order valence-electron chi connectivity index (χ2n) is 5.89. The van der Waals surface area contributed by atoms with Gasteiger partial charge in [0.05, 0.1) is 13.2 Å². The summed E-state index contributed by atoms with van der Waals surface area (Å²) in [4.78, 5) is 39.5. The van der Waals surface area contributed by atoms with Crippen LogP contribution in [0.25, 0.3) is 0 Å². The van der Waals surface area contributed by atoms with Crippen molar-refractivity contribution in [1.82, 2.24) is 14.7 Å². The number of methoxy groups -OCH3 is 1. The number of nitrogens with zero attached hydrogens (tertiary/aromatic N) is 3. The number of likely N-dealkylation sites (tertiary alicyclic amines) is 1. The van der Waals surface area contributed by atoms with Crippen LogP contribution in [0.1, 0.15) is 20.3 Å². The molecule has 0 spiro atoms. The van der Waals surface area contributed by atoms with Crippen LogP contribution in [-0.4, -0.2) is 84.3 Å². The van der Waals surface area contributed by atoms with Gasteiger partial charge in [-0.15, -0.1) is 0 Å². The van der Waals surface area contributed by atoms with Gasteiger partial charge < -0.3 is 24.5 Å². The number of hydrogen-bond acceptors (Lipinski definition) is 4. The quantitative estimate of drug-likeness (QED) is 0.779. The molecule has 3 amide bonds. The summed E-state index contributed by atoms with van der Waals surface area (Å²) in [7, 11) is 4.48. The second kappa shape index (κ2) is 7.33. The van der Waals surface area contributed by atoms with Crippen LogP contribution < -0.4 is 0 Å². The molecule has 0 aromatic rings. The van der Waals surface area contributed by atoms with Gasteiger partial charge in [-0.1, -0.05) is 13.8 Å². The summed E-state index contributed by atoms with van der Waals surface area (Å²) < 4.78 is 4.76. The molecule has 1 fully saturated rings. The largest absolute Gasteiger partial charge is 0.467 e. The Kier molecular flexibility index (Phi) is 6.01. The third kappa shape index (κ3) is 3.80. The minimum absolute atomic E-state index is 0.0890. The molecular formula is C14H25N3O5. The summed E-state index contributed by atoms with van der Waals surface area (Å²) in [6, 6.07) is -1.17. The van der Waals surface area contributed by atoms with E-state index in [9.17, 15) is 14.4 Å². The number of ether oxygens (including phenoxy) is 1. The van der Waals surface area contributed by atoms with Gasteiger partial charge in [0, 0.05) is 27.2 Å². The van der Waals surface area contributed by atoms with Crippen LogP contribution >= 0.6 is 0 Å². The van der Waals surface area contributed by atoms with Crippen molar-refractivity contribution >= 4 is 18.1 Å². The summed E-state index contributed by atoms with van der Waals surface area (Å²) in [5, 5.41) is 8.98. The van der Waals surface area contributed by atoms with E-state index in [1.54, 1.807) is 14.1 Å². The lowest BCUT2D eigenvalue weighted by atomic mass is 10.0. The molecule has 8 heteroatoms. The molecule has 22 heavy (non-hydrogen) atoms. The number of carbonyl (C=O) groups excluding carboxylic acids is 2. The Labute approximate surface area is 130 Å². The minimum Gasteiger partial charge on any atom is -0.467 e. The van der Waals surface area contributed by atoms with Crippen LogP contribution in [-0.2, 0) is 9.53 Å². The lowest BCUT2D eigenvalue weighted by molar-refractivity contribution is -0.147. The fraction of sp³-hybridized carbons (Fsp3) is 0.786. The zero-order valence-corrected chi connectivity index (χ0v) is 13.8. The van der Waals surface area contributed by atoms with Crippen LogP contribution in [0.15, 0.2) is 0 Å². The Morgan fingerprint density at radius 2 is 1.86 bits per heavy atom. The second-order valence-corrected chi connectivity index (χ2v) is 5.89. The number of likely N-dealkylation sites (N-methyl/N-ethyl adjacent to an activating group) is 2. The van der Waals surface area contributed by atoms with Gasteiger partial charge >= 0.3 is 18.1 Å². The van der Waals surface area contributed by atoms with Gasteiger partial charge in [-0.3, -0.25) is 0 Å². The van der Waals surface area contributed by atoms with Crippen molar-refractivity contribution in [3.8, 4) is 0 Å². The number of carboxylic acid groups (broad SMARTS) is 1. The van der Waals surface area contributed by atoms with E-state index in [2.05, 4.69) is 0 Å². The highest BCUT2D eigenvalue weighted by molar-refractivity contribution is 5.83. The molecule has 1 aliphatic rings. The first kappa shape index (κ1) is 18.1. The van der Waals surface area contributed by atoms with Gasteiger partial charge in [0.15, 0.2) is 0 Å². The van der Waals surface area contributed by atoms with Crippen molar-refractivity contribution in [2.45, 2.75) is 32.4 Å². The van der Waals surface area contributed by atoms with Crippen LogP contribution in [0.2, 0.25) is 0 Å². The highest BCUT2D eigenvalue weighted by Crippen LogP contribution is 2.18. The Morgan fingerprint density at radius 1 is 1.27 bits per heavy atom. The van der Waals surface area contributed by atoms with Crippen molar-refractivity contribution in [3.63, 3.8) is 0 Å². The van der Waals surface area contributed by atoms with Gasteiger partial charge in [0.1, 0.15) is 6.04 Å². The highest BCUT2D eigenvalue weighted by atomic mass is 16.5. The minimum atomic E-state index is -0.980. The van der Waals surface area contributed by atoms with E-state index >= 15 is 0 Å². The fourth-order valence-electron chi connectivity index (χ4n) is 2.75. The van der Waals surface area contributed by atoms with Crippen LogP contribution in [0.4, 0.5) is 9.59 Å². The van der Waals surface area contributed by atoms with Crippen LogP contribution in [0.3, 0.4) is 0 Å². The van der Waals surface area contributed by atoms with Gasteiger partial charge in [-0.05, 0) is 12.3 Å². The topological polar surface area (TPSA) is 90.4 Å². The fourth-order valence-corrected chi connectivity index (χ4v) is 2.75. The summed E-state index contributed by atoms with van der Waals surface area (Å²) in [5.41, 5.74) is 0. The molecular weight excluding hydrogens is 290 g/mol. The number of hydrogen-bond donors (Lipinski definition) is 1. The average Bonchev–Trinajstić information content (AvgIpc) is 2.95. The zero-order chi connectivity index (χ0) is 17.0. The van der Waals surface area contributed by atoms with E-state index in [-0.39, 0.29) is 24.5 Å². The first-order valence-electron chi connectivity index (χ1n) is 7.26. The molecule has 0 unspecified atom stereocenters. The van der Waals surface area contributed by atoms with Crippen LogP contribution in [0.5, 0.6) is 0 Å². The smallest absolute Gasteiger partial charge is 0.407 e. The van der Waals surface area contributed by atoms with Crippen LogP contribution in [0, 0.1) is 5.92 Å². The zero-order valence-electron chi connectivity index (χ0n) is 13.8. The van der Waals surface area contributed by atoms with Crippen molar-refractivity contribution in [2.24, 2.45) is 5.92 Å². The molecule has 0 aromatic carbocycles. The first-order valence-corrected chi connectivity index (χ1v) is 7.26. The molecule has 1 saturated heterocycles. The molecule has 0 radical (unpaired) electrons. The van der Waals surface area contributed by atoms with Crippen molar-refractivity contribution in [3.05, 3.63) is 0 Å². The van der Waals surface area contributed by atoms with Gasteiger partial charge in [-0.25, -0.2) is 14.4 Å². The molecule has 2 atom stereocenters. The van der Waals surface area contributed by atoms with Gasteiger partial charge in [0.2, 0.25) is 0 Å². The molecule has 8 nitrogen and oxygen atoms in total. The Morgan fingerprint density at radius 3 is 2.27 bits per heavy atom. The maximum absolute atomic E-state index is 12.6. The van der Waals surface area contributed by atoms with Crippen molar-refractivity contribution < 1.29 is 24.2 Å². The van der Waals surface area contributed by atoms with Gasteiger partial charge in [-0.2, -0.15) is 0 Å².